The number of nitrogens with two attached hydrogens (primary N) is 1. The number of benzene rings is 2. The summed E-state index contributed by atoms with van der Waals surface area (Å²) in [5.41, 5.74) is 8.56. The molecule has 3 aromatic rings. The molecule has 0 aliphatic carbocycles. The Kier molecular flexibility index (Phi) is 3.99. The minimum atomic E-state index is -0.979. The van der Waals surface area contributed by atoms with Gasteiger partial charge in [0.05, 0.1) is 17.6 Å². The largest absolute Gasteiger partial charge is 0.398 e. The topological polar surface area (TPSA) is 76.1 Å². The molecule has 1 aromatic heterocycles. The highest BCUT2D eigenvalue weighted by atomic mass is 19.1. The van der Waals surface area contributed by atoms with Gasteiger partial charge in [-0.05, 0) is 25.1 Å². The van der Waals surface area contributed by atoms with Crippen LogP contribution < -0.4 is 11.1 Å². The number of hydrogen-bond acceptors (Lipinski definition) is 4. The van der Waals surface area contributed by atoms with E-state index in [1.54, 1.807) is 55.6 Å². The molecule has 0 fully saturated rings. The summed E-state index contributed by atoms with van der Waals surface area (Å²) in [5, 5.41) is 17.4. The SMILES string of the molecule is Cc1c(NC(O)c2ccccc2N)cnn1-c1ccccc1F. The molecule has 2 aromatic carbocycles. The van der Waals surface area contributed by atoms with Crippen LogP contribution in [-0.4, -0.2) is 14.9 Å². The number of nitrogens with zero attached hydrogens (tertiary/aromatic N) is 2. The molecular weight excluding hydrogens is 295 g/mol. The summed E-state index contributed by atoms with van der Waals surface area (Å²) in [7, 11) is 0. The predicted molar refractivity (Wildman–Crippen MR) is 87.7 cm³/mol. The molecule has 118 valence electrons. The molecule has 1 heterocycles. The summed E-state index contributed by atoms with van der Waals surface area (Å²) in [6.45, 7) is 1.79. The van der Waals surface area contributed by atoms with Crippen LogP contribution in [0, 0.1) is 12.7 Å². The molecule has 0 aliphatic heterocycles. The third-order valence-corrected chi connectivity index (χ3v) is 3.67. The van der Waals surface area contributed by atoms with Gasteiger partial charge in [-0.2, -0.15) is 5.10 Å². The van der Waals surface area contributed by atoms with Gasteiger partial charge in [0.25, 0.3) is 0 Å². The molecule has 0 saturated carbocycles. The highest BCUT2D eigenvalue weighted by Crippen LogP contribution is 2.25. The Balaban J connectivity index is 1.89. The summed E-state index contributed by atoms with van der Waals surface area (Å²) in [6, 6.07) is 13.4. The molecule has 1 unspecified atom stereocenters. The van der Waals surface area contributed by atoms with E-state index in [1.807, 2.05) is 0 Å². The molecule has 5 nitrogen and oxygen atoms in total. The van der Waals surface area contributed by atoms with Gasteiger partial charge in [-0.15, -0.1) is 0 Å². The lowest BCUT2D eigenvalue weighted by Crippen LogP contribution is -2.12. The summed E-state index contributed by atoms with van der Waals surface area (Å²) < 4.78 is 15.4. The van der Waals surface area contributed by atoms with Crippen LogP contribution in [-0.2, 0) is 0 Å². The maximum Gasteiger partial charge on any atom is 0.152 e. The van der Waals surface area contributed by atoms with Crippen LogP contribution in [0.1, 0.15) is 17.5 Å². The number of nitrogens with one attached hydrogen (secondary N) is 1. The van der Waals surface area contributed by atoms with Gasteiger partial charge in [-0.1, -0.05) is 30.3 Å². The minimum absolute atomic E-state index is 0.353. The highest BCUT2D eigenvalue weighted by Gasteiger charge is 2.15. The first-order valence-corrected chi connectivity index (χ1v) is 7.16. The lowest BCUT2D eigenvalue weighted by Gasteiger charge is -2.16. The molecule has 0 aliphatic rings. The number of aliphatic hydroxyl groups is 1. The van der Waals surface area contributed by atoms with Crippen LogP contribution in [0.15, 0.2) is 54.7 Å². The molecule has 0 radical (unpaired) electrons. The quantitative estimate of drug-likeness (QED) is 0.511. The van der Waals surface area contributed by atoms with Gasteiger partial charge < -0.3 is 16.2 Å². The number of aromatic nitrogens is 2. The van der Waals surface area contributed by atoms with Crippen molar-refractivity contribution in [1.82, 2.24) is 9.78 Å². The summed E-state index contributed by atoms with van der Waals surface area (Å²) >= 11 is 0. The lowest BCUT2D eigenvalue weighted by molar-refractivity contribution is 0.209. The second kappa shape index (κ2) is 6.10. The van der Waals surface area contributed by atoms with Gasteiger partial charge in [0.15, 0.2) is 6.23 Å². The number of hydrogen-bond donors (Lipinski definition) is 3. The maximum absolute atomic E-state index is 13.9. The second-order valence-corrected chi connectivity index (χ2v) is 5.18. The zero-order valence-electron chi connectivity index (χ0n) is 12.6. The molecule has 3 rings (SSSR count). The van der Waals surface area contributed by atoms with E-state index in [1.165, 1.54) is 10.7 Å². The van der Waals surface area contributed by atoms with Gasteiger partial charge in [0.2, 0.25) is 0 Å². The normalized spacial score (nSPS) is 12.1. The van der Waals surface area contributed by atoms with E-state index in [0.29, 0.717) is 28.3 Å². The van der Waals surface area contributed by atoms with Crippen molar-refractivity contribution in [2.24, 2.45) is 0 Å². The van der Waals surface area contributed by atoms with E-state index in [9.17, 15) is 9.50 Å². The monoisotopic (exact) mass is 312 g/mol. The van der Waals surface area contributed by atoms with Gasteiger partial charge >= 0.3 is 0 Å². The zero-order chi connectivity index (χ0) is 16.4. The summed E-state index contributed by atoms with van der Waals surface area (Å²) in [6.07, 6.45) is 0.567. The molecule has 0 amide bonds. The van der Waals surface area contributed by atoms with Crippen LogP contribution in [0.2, 0.25) is 0 Å². The fraction of sp³-hybridized carbons (Fsp3) is 0.118. The Labute approximate surface area is 133 Å². The van der Waals surface area contributed by atoms with E-state index in [2.05, 4.69) is 10.4 Å². The first-order valence-electron chi connectivity index (χ1n) is 7.16. The number of nitrogen functional groups attached to an aromatic ring is 1. The van der Waals surface area contributed by atoms with Crippen molar-refractivity contribution in [2.45, 2.75) is 13.2 Å². The second-order valence-electron chi connectivity index (χ2n) is 5.18. The first kappa shape index (κ1) is 15.1. The average Bonchev–Trinajstić information content (AvgIpc) is 2.89. The van der Waals surface area contributed by atoms with Gasteiger partial charge in [-0.3, -0.25) is 0 Å². The smallest absolute Gasteiger partial charge is 0.152 e. The van der Waals surface area contributed by atoms with E-state index < -0.39 is 6.23 Å². The molecule has 0 saturated heterocycles. The van der Waals surface area contributed by atoms with Crippen LogP contribution >= 0.6 is 0 Å². The van der Waals surface area contributed by atoms with Crippen LogP contribution in [0.4, 0.5) is 15.8 Å². The summed E-state index contributed by atoms with van der Waals surface area (Å²) in [4.78, 5) is 0. The summed E-state index contributed by atoms with van der Waals surface area (Å²) in [5.74, 6) is -0.363. The average molecular weight is 312 g/mol. The first-order chi connectivity index (χ1) is 11.1. The van der Waals surface area contributed by atoms with Gasteiger partial charge in [-0.25, -0.2) is 9.07 Å². The Hall–Kier alpha value is -2.86. The number of aliphatic hydroxyl groups excluding tert-OH is 1. The Morgan fingerprint density at radius 2 is 1.87 bits per heavy atom. The van der Waals surface area contributed by atoms with Gasteiger partial charge in [0.1, 0.15) is 11.5 Å². The standard InChI is InChI=1S/C17H17FN4O/c1-11-15(21-17(23)12-6-2-4-8-14(12)19)10-20-22(11)16-9-5-3-7-13(16)18/h2-10,17,21,23H,19H2,1H3. The third-order valence-electron chi connectivity index (χ3n) is 3.67. The van der Waals surface area contributed by atoms with Crippen molar-refractivity contribution in [1.29, 1.82) is 0 Å². The molecule has 1 atom stereocenters. The number of para-hydroxylation sites is 2. The molecular formula is C17H17FN4O. The van der Waals surface area contributed by atoms with Crippen molar-refractivity contribution in [3.8, 4) is 5.69 Å². The molecule has 0 spiro atoms. The molecule has 0 bridgehead atoms. The third kappa shape index (κ3) is 2.89. The zero-order valence-corrected chi connectivity index (χ0v) is 12.6. The fourth-order valence-corrected chi connectivity index (χ4v) is 2.40. The maximum atomic E-state index is 13.9. The van der Waals surface area contributed by atoms with Crippen molar-refractivity contribution in [2.75, 3.05) is 11.1 Å². The fourth-order valence-electron chi connectivity index (χ4n) is 2.40. The molecule has 23 heavy (non-hydrogen) atoms. The van der Waals surface area contributed by atoms with Crippen molar-refractivity contribution < 1.29 is 9.50 Å². The Morgan fingerprint density at radius 3 is 2.61 bits per heavy atom. The van der Waals surface area contributed by atoms with Crippen molar-refractivity contribution in [3.63, 3.8) is 0 Å². The van der Waals surface area contributed by atoms with Crippen molar-refractivity contribution in [3.05, 3.63) is 71.8 Å². The van der Waals surface area contributed by atoms with E-state index >= 15 is 0 Å². The number of anilines is 2. The number of rotatable bonds is 4. The minimum Gasteiger partial charge on any atom is -0.398 e. The van der Waals surface area contributed by atoms with E-state index in [-0.39, 0.29) is 5.82 Å². The van der Waals surface area contributed by atoms with Crippen LogP contribution in [0.5, 0.6) is 0 Å². The van der Waals surface area contributed by atoms with E-state index in [4.69, 9.17) is 5.73 Å². The molecule has 6 heteroatoms. The highest BCUT2D eigenvalue weighted by molar-refractivity contribution is 5.54. The predicted octanol–water partition coefficient (Wildman–Crippen LogP) is 3.01. The molecule has 4 N–H and O–H groups in total. The lowest BCUT2D eigenvalue weighted by atomic mass is 10.1. The van der Waals surface area contributed by atoms with Crippen LogP contribution in [0.25, 0.3) is 5.69 Å². The van der Waals surface area contributed by atoms with Gasteiger partial charge in [0, 0.05) is 11.3 Å². The van der Waals surface area contributed by atoms with E-state index in [0.717, 1.165) is 0 Å². The Morgan fingerprint density at radius 1 is 1.17 bits per heavy atom. The van der Waals surface area contributed by atoms with Crippen LogP contribution in [0.3, 0.4) is 0 Å². The number of halogens is 1. The Bertz CT molecular complexity index is 831. The van der Waals surface area contributed by atoms with Crippen molar-refractivity contribution >= 4 is 11.4 Å².